The molecule has 5 aromatic heterocycles. The van der Waals surface area contributed by atoms with E-state index >= 15 is 0 Å². The molecule has 10 heteroatoms. The number of hydrogen-bond acceptors (Lipinski definition) is 5. The maximum Gasteiger partial charge on any atom is 0.261 e. The van der Waals surface area contributed by atoms with Crippen LogP contribution in [0.1, 0.15) is 44.0 Å². The van der Waals surface area contributed by atoms with Crippen molar-refractivity contribution in [3.05, 3.63) is 82.9 Å². The van der Waals surface area contributed by atoms with Crippen LogP contribution < -0.4 is 10.6 Å². The third-order valence-electron chi connectivity index (χ3n) is 7.47. The zero-order chi connectivity index (χ0) is 28.7. The summed E-state index contributed by atoms with van der Waals surface area (Å²) in [7, 11) is 0. The molecular formula is C31H32F2N8. The van der Waals surface area contributed by atoms with Gasteiger partial charge in [0.25, 0.3) is 5.92 Å². The highest BCUT2D eigenvalue weighted by Gasteiger charge is 2.37. The van der Waals surface area contributed by atoms with Crippen molar-refractivity contribution >= 4 is 28.1 Å². The number of aromatic amines is 2. The molecule has 0 aliphatic carbocycles. The van der Waals surface area contributed by atoms with E-state index in [0.29, 0.717) is 13.1 Å². The second-order valence-electron chi connectivity index (χ2n) is 11.0. The molecule has 2 N–H and O–H groups in total. The molecule has 6 rings (SSSR count). The van der Waals surface area contributed by atoms with Crippen molar-refractivity contribution in [1.29, 1.82) is 0 Å². The molecule has 210 valence electrons. The van der Waals surface area contributed by atoms with Gasteiger partial charge >= 0.3 is 0 Å². The molecule has 1 fully saturated rings. The molecule has 0 radical (unpaired) electrons. The molecule has 0 unspecified atom stereocenters. The van der Waals surface area contributed by atoms with Crippen LogP contribution in [0.4, 0.5) is 8.78 Å². The van der Waals surface area contributed by atoms with Gasteiger partial charge in [-0.3, -0.25) is 20.0 Å². The molecule has 1 aliphatic rings. The topological polar surface area (TPSA) is 91.3 Å². The lowest BCUT2D eigenvalue weighted by Gasteiger charge is -2.15. The van der Waals surface area contributed by atoms with E-state index in [1.807, 2.05) is 55.2 Å². The number of allylic oxidation sites excluding steroid dienone is 2. The minimum absolute atomic E-state index is 0.0861. The molecule has 0 aromatic carbocycles. The van der Waals surface area contributed by atoms with Gasteiger partial charge in [-0.15, -0.1) is 0 Å². The average molecular weight is 555 g/mol. The number of alkyl halides is 2. The lowest BCUT2D eigenvalue weighted by Crippen LogP contribution is -2.25. The van der Waals surface area contributed by atoms with Gasteiger partial charge in [0.1, 0.15) is 5.69 Å². The number of imidazole rings is 1. The Labute approximate surface area is 236 Å². The number of halogens is 2. The maximum atomic E-state index is 13.6. The second kappa shape index (κ2) is 10.5. The van der Waals surface area contributed by atoms with E-state index in [-0.39, 0.29) is 13.0 Å². The first kappa shape index (κ1) is 26.8. The van der Waals surface area contributed by atoms with E-state index in [1.54, 1.807) is 23.6 Å². The van der Waals surface area contributed by atoms with E-state index in [4.69, 9.17) is 0 Å². The van der Waals surface area contributed by atoms with Crippen molar-refractivity contribution in [2.45, 2.75) is 46.6 Å². The van der Waals surface area contributed by atoms with Gasteiger partial charge in [0, 0.05) is 48.7 Å². The average Bonchev–Trinajstić information content (AvgIpc) is 3.72. The first-order valence-electron chi connectivity index (χ1n) is 13.6. The van der Waals surface area contributed by atoms with Gasteiger partial charge in [0.05, 0.1) is 53.2 Å². The SMILES string of the molecule is CC(C)=c1c(-c2cc3c(-n4cnc(C)c4)cncc3[nH]2)n[nH]/c1=C/C=C(\C)c1cncc(CN2CCC(F)(F)C2)c1. The normalized spacial score (nSPS) is 16.2. The molecule has 0 spiro atoms. The lowest BCUT2D eigenvalue weighted by molar-refractivity contribution is 0.0115. The molecule has 5 aromatic rings. The summed E-state index contributed by atoms with van der Waals surface area (Å²) in [5, 5.41) is 10.8. The van der Waals surface area contributed by atoms with E-state index < -0.39 is 5.92 Å². The predicted molar refractivity (Wildman–Crippen MR) is 157 cm³/mol. The number of pyridine rings is 2. The fourth-order valence-corrected chi connectivity index (χ4v) is 5.39. The van der Waals surface area contributed by atoms with Crippen LogP contribution in [0.15, 0.2) is 55.5 Å². The minimum Gasteiger partial charge on any atom is -0.352 e. The molecule has 1 saturated heterocycles. The summed E-state index contributed by atoms with van der Waals surface area (Å²) in [4.78, 5) is 18.4. The van der Waals surface area contributed by atoms with E-state index in [0.717, 1.165) is 66.5 Å². The molecule has 8 nitrogen and oxygen atoms in total. The number of hydrogen-bond donors (Lipinski definition) is 2. The number of likely N-dealkylation sites (tertiary alicyclic amines) is 1. The Bertz CT molecular complexity index is 1890. The van der Waals surface area contributed by atoms with Crippen LogP contribution in [0.2, 0.25) is 0 Å². The summed E-state index contributed by atoms with van der Waals surface area (Å²) >= 11 is 0. The fraction of sp³-hybridized carbons (Fsp3) is 0.290. The minimum atomic E-state index is -2.60. The maximum absolute atomic E-state index is 13.6. The van der Waals surface area contributed by atoms with E-state index in [9.17, 15) is 8.78 Å². The Morgan fingerprint density at radius 3 is 2.66 bits per heavy atom. The second-order valence-corrected chi connectivity index (χ2v) is 11.0. The summed E-state index contributed by atoms with van der Waals surface area (Å²) in [5.41, 5.74) is 8.53. The summed E-state index contributed by atoms with van der Waals surface area (Å²) in [6, 6.07) is 4.13. The monoisotopic (exact) mass is 554 g/mol. The highest BCUT2D eigenvalue weighted by Crippen LogP contribution is 2.28. The van der Waals surface area contributed by atoms with E-state index in [1.165, 1.54) is 0 Å². The van der Waals surface area contributed by atoms with Crippen molar-refractivity contribution in [1.82, 2.24) is 39.6 Å². The largest absolute Gasteiger partial charge is 0.352 e. The van der Waals surface area contributed by atoms with Crippen molar-refractivity contribution in [3.8, 4) is 17.1 Å². The molecule has 6 heterocycles. The van der Waals surface area contributed by atoms with Crippen molar-refractivity contribution < 1.29 is 8.78 Å². The Morgan fingerprint density at radius 2 is 1.93 bits per heavy atom. The third kappa shape index (κ3) is 5.47. The Balaban J connectivity index is 1.32. The van der Waals surface area contributed by atoms with Crippen LogP contribution in [-0.4, -0.2) is 58.6 Å². The van der Waals surface area contributed by atoms with Gasteiger partial charge in [-0.1, -0.05) is 11.6 Å². The van der Waals surface area contributed by atoms with Crippen molar-refractivity contribution in [2.24, 2.45) is 0 Å². The predicted octanol–water partition coefficient (Wildman–Crippen LogP) is 4.76. The summed E-state index contributed by atoms with van der Waals surface area (Å²) in [5.74, 6) is -2.60. The van der Waals surface area contributed by atoms with Gasteiger partial charge < -0.3 is 9.55 Å². The molecule has 0 amide bonds. The Kier molecular flexibility index (Phi) is 6.86. The third-order valence-corrected chi connectivity index (χ3v) is 7.47. The Hall–Kier alpha value is -4.44. The number of nitrogens with one attached hydrogen (secondary N) is 2. The van der Waals surface area contributed by atoms with Crippen LogP contribution >= 0.6 is 0 Å². The fourth-order valence-electron chi connectivity index (χ4n) is 5.39. The van der Waals surface area contributed by atoms with Crippen molar-refractivity contribution in [2.75, 3.05) is 13.1 Å². The van der Waals surface area contributed by atoms with Gasteiger partial charge in [-0.05, 0) is 62.6 Å². The van der Waals surface area contributed by atoms with Crippen LogP contribution in [0.5, 0.6) is 0 Å². The molecule has 1 aliphatic heterocycles. The first-order valence-corrected chi connectivity index (χ1v) is 13.6. The number of aromatic nitrogens is 7. The first-order chi connectivity index (χ1) is 19.7. The number of aryl methyl sites for hydroxylation is 1. The molecule has 41 heavy (non-hydrogen) atoms. The molecule has 0 atom stereocenters. The number of nitrogens with zero attached hydrogens (tertiary/aromatic N) is 6. The number of fused-ring (bicyclic) bond motifs is 1. The highest BCUT2D eigenvalue weighted by molar-refractivity contribution is 5.91. The van der Waals surface area contributed by atoms with Gasteiger partial charge in [0.15, 0.2) is 0 Å². The quantitative estimate of drug-likeness (QED) is 0.316. The summed E-state index contributed by atoms with van der Waals surface area (Å²) in [6.45, 7) is 8.79. The number of rotatable bonds is 6. The lowest BCUT2D eigenvalue weighted by atomic mass is 10.1. The van der Waals surface area contributed by atoms with Crippen molar-refractivity contribution in [3.63, 3.8) is 0 Å². The van der Waals surface area contributed by atoms with Crippen LogP contribution in [0.25, 0.3) is 45.2 Å². The Morgan fingerprint density at radius 1 is 1.10 bits per heavy atom. The zero-order valence-electron chi connectivity index (χ0n) is 23.5. The summed E-state index contributed by atoms with van der Waals surface area (Å²) < 4.78 is 29.2. The van der Waals surface area contributed by atoms with Gasteiger partial charge in [-0.25, -0.2) is 13.8 Å². The number of H-pyrrole nitrogens is 2. The standard InChI is InChI=1S/C31H32F2N8/c1-19(2)29-25(6-5-20(3)23-9-22(11-34-12-23)16-40-8-7-31(32,33)17-40)38-39-30(29)26-10-24-27(37-26)13-35-14-28(24)41-15-21(4)36-18-41/h5-6,9-15,18,37-38H,7-8,16-17H2,1-4H3/b20-5+,25-6+. The molecule has 0 bridgehead atoms. The van der Waals surface area contributed by atoms with Crippen LogP contribution in [0, 0.1) is 6.92 Å². The molecule has 0 saturated carbocycles. The van der Waals surface area contributed by atoms with Gasteiger partial charge in [0.2, 0.25) is 0 Å². The summed E-state index contributed by atoms with van der Waals surface area (Å²) in [6.07, 6.45) is 14.9. The van der Waals surface area contributed by atoms with Crippen LogP contribution in [0.3, 0.4) is 0 Å². The zero-order valence-corrected chi connectivity index (χ0v) is 23.5. The van der Waals surface area contributed by atoms with Gasteiger partial charge in [-0.2, -0.15) is 5.10 Å². The van der Waals surface area contributed by atoms with Crippen LogP contribution in [-0.2, 0) is 6.54 Å². The molecular weight excluding hydrogens is 522 g/mol. The highest BCUT2D eigenvalue weighted by atomic mass is 19.3. The van der Waals surface area contributed by atoms with E-state index in [2.05, 4.69) is 50.0 Å². The smallest absolute Gasteiger partial charge is 0.261 e.